The highest BCUT2D eigenvalue weighted by atomic mass is 16.1. The summed E-state index contributed by atoms with van der Waals surface area (Å²) < 4.78 is 1.57. The summed E-state index contributed by atoms with van der Waals surface area (Å²) in [7, 11) is 0. The summed E-state index contributed by atoms with van der Waals surface area (Å²) in [5.74, 6) is 0.760. The van der Waals surface area contributed by atoms with E-state index in [1.165, 1.54) is 5.56 Å². The van der Waals surface area contributed by atoms with Gasteiger partial charge in [-0.1, -0.05) is 53.7 Å². The van der Waals surface area contributed by atoms with E-state index in [9.17, 15) is 4.79 Å². The number of carbonyl (C=O) groups excluding carboxylic acids is 1. The molecule has 6 nitrogen and oxygen atoms in total. The van der Waals surface area contributed by atoms with E-state index in [4.69, 9.17) is 0 Å². The maximum absolute atomic E-state index is 12.8. The Hall–Kier alpha value is -3.02. The number of nitrogens with zero attached hydrogens (tertiary/aromatic N) is 4. The molecule has 0 aliphatic carbocycles. The average Bonchev–Trinajstić information content (AvgIpc) is 3.06. The predicted octanol–water partition coefficient (Wildman–Crippen LogP) is 4.51. The third-order valence-corrected chi connectivity index (χ3v) is 4.47. The highest BCUT2D eigenvalue weighted by Crippen LogP contribution is 2.26. The van der Waals surface area contributed by atoms with Crippen LogP contribution < -0.4 is 5.32 Å². The van der Waals surface area contributed by atoms with Crippen LogP contribution in [-0.4, -0.2) is 25.7 Å². The normalized spacial score (nSPS) is 12.1. The van der Waals surface area contributed by atoms with Gasteiger partial charge in [0, 0.05) is 29.4 Å². The Balaban J connectivity index is 1.93. The second-order valence-electron chi connectivity index (χ2n) is 8.91. The van der Waals surface area contributed by atoms with E-state index >= 15 is 0 Å². The van der Waals surface area contributed by atoms with Crippen LogP contribution in [0.3, 0.4) is 0 Å². The van der Waals surface area contributed by atoms with Gasteiger partial charge in [0.25, 0.3) is 11.9 Å². The molecule has 0 aliphatic heterocycles. The summed E-state index contributed by atoms with van der Waals surface area (Å²) in [4.78, 5) is 21.3. The van der Waals surface area contributed by atoms with Crippen molar-refractivity contribution >= 4 is 11.7 Å². The molecule has 28 heavy (non-hydrogen) atoms. The maximum atomic E-state index is 12.8. The number of benzene rings is 1. The molecule has 0 bridgehead atoms. The number of anilines is 1. The first kappa shape index (κ1) is 19.7. The molecule has 146 valence electrons. The van der Waals surface area contributed by atoms with E-state index in [1.807, 2.05) is 30.3 Å². The summed E-state index contributed by atoms with van der Waals surface area (Å²) in [6.07, 6.45) is 3.30. The number of hydrogen-bond acceptors (Lipinski definition) is 4. The number of nitrogens with one attached hydrogen (secondary N) is 1. The molecule has 0 saturated heterocycles. The van der Waals surface area contributed by atoms with Crippen molar-refractivity contribution in [1.29, 1.82) is 0 Å². The Kier molecular flexibility index (Phi) is 5.06. The minimum absolute atomic E-state index is 0.0416. The summed E-state index contributed by atoms with van der Waals surface area (Å²) >= 11 is 0. The van der Waals surface area contributed by atoms with Crippen LogP contribution >= 0.6 is 0 Å². The molecule has 0 saturated carbocycles. The highest BCUT2D eigenvalue weighted by Gasteiger charge is 2.23. The number of rotatable bonds is 3. The molecule has 3 rings (SSSR count). The van der Waals surface area contributed by atoms with Crippen molar-refractivity contribution in [3.63, 3.8) is 0 Å². The highest BCUT2D eigenvalue weighted by molar-refractivity contribution is 6.04. The topological polar surface area (TPSA) is 72.7 Å². The maximum Gasteiger partial charge on any atom is 0.256 e. The SMILES string of the molecule is CC(C)(C)c1ccc(C(=O)Nc2cc(C(C)(C)C)nn2-c2ncccn2)cc1. The van der Waals surface area contributed by atoms with E-state index < -0.39 is 0 Å². The van der Waals surface area contributed by atoms with E-state index in [0.29, 0.717) is 17.3 Å². The molecular weight excluding hydrogens is 350 g/mol. The van der Waals surface area contributed by atoms with E-state index in [-0.39, 0.29) is 16.7 Å². The number of amides is 1. The van der Waals surface area contributed by atoms with Gasteiger partial charge in [-0.2, -0.15) is 9.78 Å². The lowest BCUT2D eigenvalue weighted by molar-refractivity contribution is 0.102. The minimum atomic E-state index is -0.196. The van der Waals surface area contributed by atoms with Gasteiger partial charge in [0.1, 0.15) is 5.82 Å². The van der Waals surface area contributed by atoms with Crippen molar-refractivity contribution in [3.8, 4) is 5.95 Å². The Morgan fingerprint density at radius 2 is 1.54 bits per heavy atom. The predicted molar refractivity (Wildman–Crippen MR) is 111 cm³/mol. The van der Waals surface area contributed by atoms with Crippen LogP contribution in [0.25, 0.3) is 5.95 Å². The molecule has 2 heterocycles. The van der Waals surface area contributed by atoms with E-state index in [0.717, 1.165) is 5.69 Å². The molecule has 1 N–H and O–H groups in total. The first-order chi connectivity index (χ1) is 13.1. The van der Waals surface area contributed by atoms with Gasteiger partial charge < -0.3 is 5.32 Å². The second-order valence-corrected chi connectivity index (χ2v) is 8.91. The lowest BCUT2D eigenvalue weighted by atomic mass is 9.87. The van der Waals surface area contributed by atoms with Crippen LogP contribution in [0.1, 0.15) is 63.2 Å². The number of carbonyl (C=O) groups is 1. The molecule has 1 aromatic carbocycles. The van der Waals surface area contributed by atoms with Gasteiger partial charge in [0.2, 0.25) is 0 Å². The fourth-order valence-corrected chi connectivity index (χ4v) is 2.70. The molecule has 3 aromatic rings. The third kappa shape index (κ3) is 4.27. The largest absolute Gasteiger partial charge is 0.306 e. The van der Waals surface area contributed by atoms with Crippen LogP contribution in [0, 0.1) is 0 Å². The van der Waals surface area contributed by atoms with Crippen molar-refractivity contribution in [2.24, 2.45) is 0 Å². The van der Waals surface area contributed by atoms with Gasteiger partial charge in [-0.3, -0.25) is 4.79 Å². The molecular formula is C22H27N5O. The summed E-state index contributed by atoms with van der Waals surface area (Å²) in [5.41, 5.74) is 2.49. The zero-order chi connectivity index (χ0) is 20.5. The number of aromatic nitrogens is 4. The number of hydrogen-bond donors (Lipinski definition) is 1. The van der Waals surface area contributed by atoms with Crippen molar-refractivity contribution in [3.05, 3.63) is 65.6 Å². The molecule has 0 spiro atoms. The van der Waals surface area contributed by atoms with Crippen molar-refractivity contribution in [2.75, 3.05) is 5.32 Å². The first-order valence-electron chi connectivity index (χ1n) is 9.35. The van der Waals surface area contributed by atoms with Gasteiger partial charge >= 0.3 is 0 Å². The minimum Gasteiger partial charge on any atom is -0.306 e. The average molecular weight is 377 g/mol. The van der Waals surface area contributed by atoms with Crippen LogP contribution in [0.2, 0.25) is 0 Å². The van der Waals surface area contributed by atoms with Gasteiger partial charge in [0.05, 0.1) is 5.69 Å². The lowest BCUT2D eigenvalue weighted by Gasteiger charge is -2.19. The van der Waals surface area contributed by atoms with Gasteiger partial charge in [-0.15, -0.1) is 0 Å². The molecule has 0 radical (unpaired) electrons. The summed E-state index contributed by atoms with van der Waals surface area (Å²) in [5, 5.41) is 7.58. The van der Waals surface area contributed by atoms with Crippen molar-refractivity contribution in [1.82, 2.24) is 19.7 Å². The fourth-order valence-electron chi connectivity index (χ4n) is 2.70. The van der Waals surface area contributed by atoms with E-state index in [1.54, 1.807) is 23.1 Å². The van der Waals surface area contributed by atoms with Crippen LogP contribution in [0.15, 0.2) is 48.8 Å². The third-order valence-electron chi connectivity index (χ3n) is 4.47. The molecule has 1 amide bonds. The first-order valence-corrected chi connectivity index (χ1v) is 9.35. The Bertz CT molecular complexity index is 961. The fraction of sp³-hybridized carbons (Fsp3) is 0.364. The zero-order valence-corrected chi connectivity index (χ0v) is 17.3. The van der Waals surface area contributed by atoms with Crippen LogP contribution in [-0.2, 0) is 10.8 Å². The smallest absolute Gasteiger partial charge is 0.256 e. The molecule has 2 aromatic heterocycles. The Morgan fingerprint density at radius 1 is 0.929 bits per heavy atom. The summed E-state index contributed by atoms with van der Waals surface area (Å²) in [6, 6.07) is 11.3. The molecule has 0 unspecified atom stereocenters. The van der Waals surface area contributed by atoms with Gasteiger partial charge in [-0.05, 0) is 29.2 Å². The van der Waals surface area contributed by atoms with Crippen LogP contribution in [0.4, 0.5) is 5.82 Å². The quantitative estimate of drug-likeness (QED) is 0.729. The second kappa shape index (κ2) is 7.19. The Labute approximate surface area is 166 Å². The standard InChI is InChI=1S/C22H27N5O/c1-21(2,3)16-10-8-15(9-11-16)19(28)25-18-14-17(22(4,5)6)26-27(18)20-23-12-7-13-24-20/h7-14H,1-6H3,(H,25,28). The van der Waals surface area contributed by atoms with Crippen LogP contribution in [0.5, 0.6) is 0 Å². The Morgan fingerprint density at radius 3 is 2.07 bits per heavy atom. The van der Waals surface area contributed by atoms with Gasteiger partial charge in [-0.25, -0.2) is 9.97 Å². The molecule has 0 atom stereocenters. The molecule has 0 fully saturated rings. The lowest BCUT2D eigenvalue weighted by Crippen LogP contribution is -2.17. The van der Waals surface area contributed by atoms with Crippen molar-refractivity contribution in [2.45, 2.75) is 52.4 Å². The van der Waals surface area contributed by atoms with E-state index in [2.05, 4.69) is 61.9 Å². The summed E-state index contributed by atoms with van der Waals surface area (Å²) in [6.45, 7) is 12.7. The van der Waals surface area contributed by atoms with Crippen molar-refractivity contribution < 1.29 is 4.79 Å². The zero-order valence-electron chi connectivity index (χ0n) is 17.3. The molecule has 0 aliphatic rings. The van der Waals surface area contributed by atoms with Gasteiger partial charge in [0.15, 0.2) is 0 Å². The monoisotopic (exact) mass is 377 g/mol. The molecule has 6 heteroatoms.